The normalized spacial score (nSPS) is 12.5. The summed E-state index contributed by atoms with van der Waals surface area (Å²) in [6.07, 6.45) is 0. The Kier molecular flexibility index (Phi) is 12.8. The molecule has 10 aromatic carbocycles. The molecule has 0 saturated carbocycles. The Labute approximate surface area is 460 Å². The lowest BCUT2D eigenvalue weighted by Gasteiger charge is -2.33. The largest absolute Gasteiger partial charge is 0.309 e. The zero-order valence-corrected chi connectivity index (χ0v) is 47.8. The molecule has 0 aliphatic heterocycles. The van der Waals surface area contributed by atoms with Gasteiger partial charge in [-0.3, -0.25) is 0 Å². The summed E-state index contributed by atoms with van der Waals surface area (Å²) >= 11 is 10.0. The number of thiophene rings is 1. The highest BCUT2D eigenvalue weighted by Crippen LogP contribution is 2.53. The van der Waals surface area contributed by atoms with Gasteiger partial charge in [-0.15, -0.1) is 11.3 Å². The van der Waals surface area contributed by atoms with Gasteiger partial charge >= 0.3 is 0 Å². The van der Waals surface area contributed by atoms with E-state index in [9.17, 15) is 0 Å². The predicted octanol–water partition coefficient (Wildman–Crippen LogP) is 22.5. The smallest absolute Gasteiger partial charge is 0.0887 e. The fourth-order valence-corrected chi connectivity index (χ4v) is 12.1. The monoisotopic (exact) mass is 1030 g/mol. The van der Waals surface area contributed by atoms with Crippen molar-refractivity contribution in [1.82, 2.24) is 0 Å². The van der Waals surface area contributed by atoms with Crippen LogP contribution < -0.4 is 9.80 Å². The molecule has 0 bridgehead atoms. The number of rotatable bonds is 8. The van der Waals surface area contributed by atoms with Gasteiger partial charge in [0.2, 0.25) is 0 Å². The molecule has 0 N–H and O–H groups in total. The Morgan fingerprint density at radius 2 is 0.789 bits per heavy atom. The number of halogens is 1. The molecule has 0 aliphatic carbocycles. The number of hydrogen-bond donors (Lipinski definition) is 0. The molecule has 0 aliphatic rings. The fraction of sp³-hybridized carbons (Fsp3) is 0.222. The van der Waals surface area contributed by atoms with E-state index in [0.717, 1.165) is 45.3 Å². The van der Waals surface area contributed by atoms with Gasteiger partial charge in [-0.1, -0.05) is 222 Å². The van der Waals surface area contributed by atoms with Gasteiger partial charge in [-0.25, -0.2) is 0 Å². The molecule has 11 aromatic rings. The minimum Gasteiger partial charge on any atom is -0.309 e. The number of anilines is 6. The molecule has 76 heavy (non-hydrogen) atoms. The minimum atomic E-state index is -0.111. The third-order valence-corrected chi connectivity index (χ3v) is 16.8. The number of hydrogen-bond acceptors (Lipinski definition) is 3. The van der Waals surface area contributed by atoms with Gasteiger partial charge in [0.25, 0.3) is 0 Å². The SMILES string of the molecule is CC(C)(C)c1ccc(-c2ccc(N(c3cccc(C(C)(C)C)c3)c3cccc(N(c4ccc(C(C)(C)C)cc4-c4ccc5c6ccccc6c6ccccc6c5c4)c4csc5ccc(C(C)(C)C)cc45)c3Cl)cc2)cc1. The quantitative estimate of drug-likeness (QED) is 0.140. The van der Waals surface area contributed by atoms with Crippen LogP contribution in [0.25, 0.3) is 64.7 Å². The number of fused-ring (bicyclic) bond motifs is 7. The van der Waals surface area contributed by atoms with E-state index >= 15 is 0 Å². The molecule has 0 amide bonds. The zero-order chi connectivity index (χ0) is 53.5. The maximum absolute atomic E-state index is 8.25. The van der Waals surface area contributed by atoms with E-state index in [-0.39, 0.29) is 21.7 Å². The Morgan fingerprint density at radius 3 is 1.38 bits per heavy atom. The van der Waals surface area contributed by atoms with Crippen molar-refractivity contribution in [2.75, 3.05) is 9.80 Å². The Bertz CT molecular complexity index is 3950. The maximum Gasteiger partial charge on any atom is 0.0887 e. The first-order valence-corrected chi connectivity index (χ1v) is 28.1. The maximum atomic E-state index is 8.25. The van der Waals surface area contributed by atoms with Gasteiger partial charge in [0.15, 0.2) is 0 Å². The second-order valence-corrected chi connectivity index (χ2v) is 26.2. The van der Waals surface area contributed by atoms with Crippen LogP contribution in [-0.4, -0.2) is 0 Å². The lowest BCUT2D eigenvalue weighted by molar-refractivity contribution is 0.590. The first-order valence-electron chi connectivity index (χ1n) is 26.8. The minimum absolute atomic E-state index is 0.0547. The summed E-state index contributed by atoms with van der Waals surface area (Å²) in [5.41, 5.74) is 15.6. The number of benzene rings is 10. The Morgan fingerprint density at radius 1 is 0.316 bits per heavy atom. The van der Waals surface area contributed by atoms with E-state index in [1.807, 2.05) is 0 Å². The van der Waals surface area contributed by atoms with Gasteiger partial charge in [0, 0.05) is 32.4 Å². The third-order valence-electron chi connectivity index (χ3n) is 15.4. The highest BCUT2D eigenvalue weighted by atomic mass is 35.5. The number of nitrogens with zero attached hydrogens (tertiary/aromatic N) is 2. The van der Waals surface area contributed by atoms with E-state index in [2.05, 4.69) is 292 Å². The first kappa shape index (κ1) is 51.0. The molecule has 380 valence electrons. The summed E-state index contributed by atoms with van der Waals surface area (Å²) in [4.78, 5) is 4.80. The molecule has 4 heteroatoms. The van der Waals surface area contributed by atoms with Crippen LogP contribution in [0.2, 0.25) is 5.02 Å². The molecular formula is C72H69ClN2S. The van der Waals surface area contributed by atoms with Crippen LogP contribution in [0, 0.1) is 0 Å². The lowest BCUT2D eigenvalue weighted by Crippen LogP contribution is -2.17. The van der Waals surface area contributed by atoms with Gasteiger partial charge in [0.1, 0.15) is 0 Å². The Balaban J connectivity index is 1.16. The van der Waals surface area contributed by atoms with Crippen LogP contribution in [0.15, 0.2) is 200 Å². The molecule has 0 saturated heterocycles. The molecule has 1 aromatic heterocycles. The molecule has 0 radical (unpaired) electrons. The molecular weight excluding hydrogens is 960 g/mol. The van der Waals surface area contributed by atoms with Crippen molar-refractivity contribution in [3.05, 3.63) is 227 Å². The molecule has 0 spiro atoms. The summed E-state index contributed by atoms with van der Waals surface area (Å²) in [7, 11) is 0. The van der Waals surface area contributed by atoms with Crippen LogP contribution >= 0.6 is 22.9 Å². The average Bonchev–Trinajstić information content (AvgIpc) is 3.85. The van der Waals surface area contributed by atoms with Crippen molar-refractivity contribution in [2.45, 2.75) is 105 Å². The van der Waals surface area contributed by atoms with Gasteiger partial charge in [0.05, 0.1) is 27.8 Å². The highest BCUT2D eigenvalue weighted by Gasteiger charge is 2.29. The van der Waals surface area contributed by atoms with Crippen molar-refractivity contribution in [2.24, 2.45) is 0 Å². The molecule has 0 atom stereocenters. The molecule has 1 heterocycles. The van der Waals surface area contributed by atoms with E-state index in [0.29, 0.717) is 5.02 Å². The van der Waals surface area contributed by atoms with Crippen LogP contribution in [0.1, 0.15) is 105 Å². The average molecular weight is 1030 g/mol. The topological polar surface area (TPSA) is 6.48 Å². The summed E-state index contributed by atoms with van der Waals surface area (Å²) in [6.45, 7) is 27.4. The fourth-order valence-electron chi connectivity index (χ4n) is 10.9. The zero-order valence-electron chi connectivity index (χ0n) is 46.2. The van der Waals surface area contributed by atoms with E-state index in [1.165, 1.54) is 75.8 Å². The third kappa shape index (κ3) is 9.48. The van der Waals surface area contributed by atoms with E-state index in [4.69, 9.17) is 11.6 Å². The van der Waals surface area contributed by atoms with E-state index in [1.54, 1.807) is 11.3 Å². The molecule has 0 unspecified atom stereocenters. The van der Waals surface area contributed by atoms with Crippen molar-refractivity contribution < 1.29 is 0 Å². The van der Waals surface area contributed by atoms with E-state index < -0.39 is 0 Å². The second kappa shape index (κ2) is 19.1. The molecule has 11 rings (SSSR count). The van der Waals surface area contributed by atoms with Gasteiger partial charge in [-0.05, 0) is 160 Å². The standard InChI is InChI=1S/C72H69ClN2S/c1-69(2,3)49-32-27-46(28-33-49)47-29-36-53(37-30-47)74(54-20-17-19-50(42-54)70(4,5)6)64-25-18-26-65(68(64)73)75(66-45-76-67-40-35-52(44-62(66)67)72(10,11)12)63-39-34-51(71(7,8)9)43-60(63)48-31-38-59-57-23-14-13-21-55(57)56-22-15-16-24-58(56)61(59)41-48/h13-45H,1-12H3. The van der Waals surface area contributed by atoms with Crippen LogP contribution in [0.3, 0.4) is 0 Å². The highest BCUT2D eigenvalue weighted by molar-refractivity contribution is 7.17. The van der Waals surface area contributed by atoms with Crippen molar-refractivity contribution in [3.63, 3.8) is 0 Å². The molecule has 0 fully saturated rings. The van der Waals surface area contributed by atoms with Crippen molar-refractivity contribution in [1.29, 1.82) is 0 Å². The van der Waals surface area contributed by atoms with Gasteiger partial charge < -0.3 is 9.80 Å². The summed E-state index contributed by atoms with van der Waals surface area (Å²) in [5, 5.41) is 11.7. The van der Waals surface area contributed by atoms with Crippen molar-refractivity contribution >= 4 is 99.5 Å². The van der Waals surface area contributed by atoms with Crippen LogP contribution in [0.4, 0.5) is 34.1 Å². The van der Waals surface area contributed by atoms with Gasteiger partial charge in [-0.2, -0.15) is 0 Å². The second-order valence-electron chi connectivity index (χ2n) is 24.9. The predicted molar refractivity (Wildman–Crippen MR) is 334 cm³/mol. The first-order chi connectivity index (χ1) is 36.1. The Hall–Kier alpha value is -7.17. The molecule has 2 nitrogen and oxygen atoms in total. The summed E-state index contributed by atoms with van der Waals surface area (Å²) < 4.78 is 1.23. The summed E-state index contributed by atoms with van der Waals surface area (Å²) in [6, 6.07) is 72.4. The van der Waals surface area contributed by atoms with Crippen LogP contribution in [0.5, 0.6) is 0 Å². The lowest BCUT2D eigenvalue weighted by atomic mass is 9.84. The van der Waals surface area contributed by atoms with Crippen LogP contribution in [-0.2, 0) is 21.7 Å². The van der Waals surface area contributed by atoms with Crippen molar-refractivity contribution in [3.8, 4) is 22.3 Å². The summed E-state index contributed by atoms with van der Waals surface area (Å²) in [5.74, 6) is 0.